The van der Waals surface area contributed by atoms with Crippen LogP contribution in [0.2, 0.25) is 0 Å². The molecule has 0 fully saturated rings. The number of halogens is 1. The summed E-state index contributed by atoms with van der Waals surface area (Å²) in [5.41, 5.74) is 2.90. The highest BCUT2D eigenvalue weighted by molar-refractivity contribution is 6.17. The Morgan fingerprint density at radius 1 is 1.41 bits per heavy atom. The van der Waals surface area contributed by atoms with Crippen molar-refractivity contribution in [1.29, 1.82) is 0 Å². The number of benzene rings is 1. The van der Waals surface area contributed by atoms with Gasteiger partial charge in [0.25, 0.3) is 0 Å². The minimum absolute atomic E-state index is 0.610. The lowest BCUT2D eigenvalue weighted by atomic mass is 9.88. The molecule has 2 nitrogen and oxygen atoms in total. The van der Waals surface area contributed by atoms with E-state index in [9.17, 15) is 0 Å². The van der Waals surface area contributed by atoms with Gasteiger partial charge in [-0.15, -0.1) is 11.6 Å². The molecule has 1 aliphatic rings. The van der Waals surface area contributed by atoms with Gasteiger partial charge in [-0.05, 0) is 55.5 Å². The summed E-state index contributed by atoms with van der Waals surface area (Å²) >= 11 is 5.68. The minimum Gasteiger partial charge on any atom is -0.497 e. The Balaban J connectivity index is 1.94. The molecule has 1 aromatic carbocycles. The molecule has 0 radical (unpaired) electrons. The third-order valence-electron chi connectivity index (χ3n) is 3.39. The highest BCUT2D eigenvalue weighted by atomic mass is 35.5. The second kappa shape index (κ2) is 6.27. The zero-order chi connectivity index (χ0) is 12.1. The Hall–Kier alpha value is -0.730. The van der Waals surface area contributed by atoms with Crippen molar-refractivity contribution in [3.63, 3.8) is 0 Å². The van der Waals surface area contributed by atoms with Crippen LogP contribution in [-0.2, 0) is 12.8 Å². The van der Waals surface area contributed by atoms with E-state index in [1.807, 2.05) is 0 Å². The minimum atomic E-state index is 0.610. The smallest absolute Gasteiger partial charge is 0.119 e. The number of aryl methyl sites for hydroxylation is 1. The summed E-state index contributed by atoms with van der Waals surface area (Å²) in [6.07, 6.45) is 4.53. The molecule has 17 heavy (non-hydrogen) atoms. The summed E-state index contributed by atoms with van der Waals surface area (Å²) < 4.78 is 5.26. The summed E-state index contributed by atoms with van der Waals surface area (Å²) in [7, 11) is 1.72. The first-order valence-electron chi connectivity index (χ1n) is 6.28. The van der Waals surface area contributed by atoms with E-state index in [1.165, 1.54) is 17.5 Å². The molecule has 1 aromatic rings. The summed E-state index contributed by atoms with van der Waals surface area (Å²) in [5.74, 6) is 1.71. The standard InChI is InChI=1S/C14H20ClNO/c1-17-14-6-4-11-9-13(16-8-2-7-15)5-3-12(11)10-14/h4,6,10,13,16H,2-3,5,7-9H2,1H3. The monoisotopic (exact) mass is 253 g/mol. The molecule has 3 heteroatoms. The number of nitrogens with one attached hydrogen (secondary N) is 1. The van der Waals surface area contributed by atoms with E-state index in [4.69, 9.17) is 16.3 Å². The van der Waals surface area contributed by atoms with Crippen LogP contribution >= 0.6 is 11.6 Å². The third-order valence-corrected chi connectivity index (χ3v) is 3.65. The maximum absolute atomic E-state index is 5.68. The van der Waals surface area contributed by atoms with Gasteiger partial charge in [-0.3, -0.25) is 0 Å². The van der Waals surface area contributed by atoms with Gasteiger partial charge in [0.1, 0.15) is 5.75 Å². The molecule has 0 bridgehead atoms. The topological polar surface area (TPSA) is 21.3 Å². The fraction of sp³-hybridized carbons (Fsp3) is 0.571. The van der Waals surface area contributed by atoms with Gasteiger partial charge >= 0.3 is 0 Å². The number of methoxy groups -OCH3 is 1. The van der Waals surface area contributed by atoms with Gasteiger partial charge in [0.05, 0.1) is 7.11 Å². The first-order valence-corrected chi connectivity index (χ1v) is 6.82. The third kappa shape index (κ3) is 3.36. The van der Waals surface area contributed by atoms with Gasteiger partial charge in [-0.2, -0.15) is 0 Å². The number of alkyl halides is 1. The SMILES string of the molecule is COc1ccc2c(c1)CCC(NCCCCl)C2. The molecule has 1 aliphatic carbocycles. The highest BCUT2D eigenvalue weighted by Crippen LogP contribution is 2.25. The summed E-state index contributed by atoms with van der Waals surface area (Å²) in [5, 5.41) is 3.58. The van der Waals surface area contributed by atoms with Crippen LogP contribution in [-0.4, -0.2) is 25.6 Å². The van der Waals surface area contributed by atoms with Crippen LogP contribution in [0.5, 0.6) is 5.75 Å². The van der Waals surface area contributed by atoms with Gasteiger partial charge in [0.2, 0.25) is 0 Å². The van der Waals surface area contributed by atoms with Crippen molar-refractivity contribution < 1.29 is 4.74 Å². The molecule has 0 amide bonds. The number of hydrogen-bond donors (Lipinski definition) is 1. The van der Waals surface area contributed by atoms with E-state index in [0.29, 0.717) is 6.04 Å². The zero-order valence-corrected chi connectivity index (χ0v) is 11.1. The van der Waals surface area contributed by atoms with Crippen molar-refractivity contribution in [3.05, 3.63) is 29.3 Å². The van der Waals surface area contributed by atoms with Crippen molar-refractivity contribution in [1.82, 2.24) is 5.32 Å². The fourth-order valence-corrected chi connectivity index (χ4v) is 2.54. The van der Waals surface area contributed by atoms with Crippen LogP contribution in [0.1, 0.15) is 24.0 Å². The largest absolute Gasteiger partial charge is 0.497 e. The van der Waals surface area contributed by atoms with Crippen LogP contribution in [0, 0.1) is 0 Å². The molecule has 0 heterocycles. The van der Waals surface area contributed by atoms with Gasteiger partial charge < -0.3 is 10.1 Å². The van der Waals surface area contributed by atoms with Crippen molar-refractivity contribution in [3.8, 4) is 5.75 Å². The number of rotatable bonds is 5. The van der Waals surface area contributed by atoms with E-state index in [1.54, 1.807) is 7.11 Å². The Morgan fingerprint density at radius 3 is 3.06 bits per heavy atom. The Morgan fingerprint density at radius 2 is 2.29 bits per heavy atom. The molecule has 1 atom stereocenters. The Bertz CT molecular complexity index is 367. The van der Waals surface area contributed by atoms with Crippen molar-refractivity contribution in [2.75, 3.05) is 19.5 Å². The van der Waals surface area contributed by atoms with E-state index < -0.39 is 0 Å². The van der Waals surface area contributed by atoms with Crippen LogP contribution in [0.25, 0.3) is 0 Å². The van der Waals surface area contributed by atoms with Gasteiger partial charge in [0, 0.05) is 11.9 Å². The average Bonchev–Trinajstić information content (AvgIpc) is 2.38. The van der Waals surface area contributed by atoms with Gasteiger partial charge in [-0.1, -0.05) is 6.07 Å². The number of fused-ring (bicyclic) bond motifs is 1. The van der Waals surface area contributed by atoms with E-state index in [2.05, 4.69) is 23.5 Å². The molecule has 1 unspecified atom stereocenters. The van der Waals surface area contributed by atoms with E-state index in [-0.39, 0.29) is 0 Å². The molecular formula is C14H20ClNO. The molecule has 1 N–H and O–H groups in total. The van der Waals surface area contributed by atoms with Crippen molar-refractivity contribution >= 4 is 11.6 Å². The molecule has 0 aromatic heterocycles. The first-order chi connectivity index (χ1) is 8.33. The molecule has 94 valence electrons. The first kappa shape index (κ1) is 12.7. The predicted octanol–water partition coefficient (Wildman–Crippen LogP) is 2.77. The molecule has 0 spiro atoms. The number of ether oxygens (including phenoxy) is 1. The molecule has 0 saturated heterocycles. The normalized spacial score (nSPS) is 18.8. The Labute approximate surface area is 108 Å². The zero-order valence-electron chi connectivity index (χ0n) is 10.3. The highest BCUT2D eigenvalue weighted by Gasteiger charge is 2.18. The van der Waals surface area contributed by atoms with Gasteiger partial charge in [0.15, 0.2) is 0 Å². The van der Waals surface area contributed by atoms with Crippen LogP contribution in [0.4, 0.5) is 0 Å². The number of hydrogen-bond acceptors (Lipinski definition) is 2. The molecule has 0 aliphatic heterocycles. The predicted molar refractivity (Wildman–Crippen MR) is 72.1 cm³/mol. The van der Waals surface area contributed by atoms with Crippen molar-refractivity contribution in [2.24, 2.45) is 0 Å². The van der Waals surface area contributed by atoms with Crippen LogP contribution in [0.3, 0.4) is 0 Å². The maximum atomic E-state index is 5.68. The molecular weight excluding hydrogens is 234 g/mol. The second-order valence-corrected chi connectivity index (χ2v) is 4.95. The molecule has 0 saturated carbocycles. The lowest BCUT2D eigenvalue weighted by Crippen LogP contribution is -2.35. The average molecular weight is 254 g/mol. The lowest BCUT2D eigenvalue weighted by molar-refractivity contribution is 0.411. The summed E-state index contributed by atoms with van der Waals surface area (Å²) in [6, 6.07) is 7.03. The van der Waals surface area contributed by atoms with E-state index >= 15 is 0 Å². The second-order valence-electron chi connectivity index (χ2n) is 4.57. The van der Waals surface area contributed by atoms with Crippen LogP contribution < -0.4 is 10.1 Å². The Kier molecular flexibility index (Phi) is 4.69. The fourth-order valence-electron chi connectivity index (χ4n) is 2.41. The quantitative estimate of drug-likeness (QED) is 0.644. The van der Waals surface area contributed by atoms with E-state index in [0.717, 1.165) is 37.4 Å². The maximum Gasteiger partial charge on any atom is 0.119 e. The van der Waals surface area contributed by atoms with Crippen LogP contribution in [0.15, 0.2) is 18.2 Å². The lowest BCUT2D eigenvalue weighted by Gasteiger charge is -2.26. The van der Waals surface area contributed by atoms with Gasteiger partial charge in [-0.25, -0.2) is 0 Å². The molecule has 2 rings (SSSR count). The van der Waals surface area contributed by atoms with Crippen molar-refractivity contribution in [2.45, 2.75) is 31.7 Å². The summed E-state index contributed by atoms with van der Waals surface area (Å²) in [6.45, 7) is 1.03. The summed E-state index contributed by atoms with van der Waals surface area (Å²) in [4.78, 5) is 0.